The van der Waals surface area contributed by atoms with Gasteiger partial charge in [-0.3, -0.25) is 4.79 Å². The van der Waals surface area contributed by atoms with E-state index in [1.54, 1.807) is 37.5 Å². The molecule has 0 saturated heterocycles. The Kier molecular flexibility index (Phi) is 5.00. The average Bonchev–Trinajstić information content (AvgIpc) is 2.71. The molecule has 3 aromatic carbocycles. The summed E-state index contributed by atoms with van der Waals surface area (Å²) >= 11 is 0. The van der Waals surface area contributed by atoms with Gasteiger partial charge in [0.1, 0.15) is 23.1 Å². The number of carbonyl (C=O) groups excluding carboxylic acids is 1. The van der Waals surface area contributed by atoms with Crippen molar-refractivity contribution in [2.45, 2.75) is 0 Å². The lowest BCUT2D eigenvalue weighted by Gasteiger charge is -2.05. The van der Waals surface area contributed by atoms with Gasteiger partial charge in [-0.15, -0.1) is 0 Å². The summed E-state index contributed by atoms with van der Waals surface area (Å²) in [5, 5.41) is 11.5. The number of ether oxygens (including phenoxy) is 2. The first-order valence-corrected chi connectivity index (χ1v) is 8.03. The molecule has 4 nitrogen and oxygen atoms in total. The number of fused-ring (bicyclic) bond motifs is 1. The number of ketones is 1. The SMILES string of the molecule is COc1cccc(C(=O)C(C#N)=Cc2ccc3cc(OC)ccc3c2)c1. The van der Waals surface area contributed by atoms with Crippen LogP contribution in [-0.2, 0) is 0 Å². The minimum absolute atomic E-state index is 0.0751. The lowest BCUT2D eigenvalue weighted by molar-refractivity contribution is 0.103. The van der Waals surface area contributed by atoms with Crippen molar-refractivity contribution >= 4 is 22.6 Å². The molecule has 3 aromatic rings. The Balaban J connectivity index is 1.96. The van der Waals surface area contributed by atoms with Crippen molar-refractivity contribution in [1.29, 1.82) is 5.26 Å². The zero-order chi connectivity index (χ0) is 18.5. The summed E-state index contributed by atoms with van der Waals surface area (Å²) < 4.78 is 10.4. The number of methoxy groups -OCH3 is 2. The molecule has 26 heavy (non-hydrogen) atoms. The number of nitrogens with zero attached hydrogens (tertiary/aromatic N) is 1. The highest BCUT2D eigenvalue weighted by atomic mass is 16.5. The van der Waals surface area contributed by atoms with E-state index in [1.165, 1.54) is 7.11 Å². The molecule has 0 N–H and O–H groups in total. The number of hydrogen-bond acceptors (Lipinski definition) is 4. The summed E-state index contributed by atoms with van der Waals surface area (Å²) in [5.41, 5.74) is 1.28. The maximum absolute atomic E-state index is 12.6. The first kappa shape index (κ1) is 17.2. The summed E-state index contributed by atoms with van der Waals surface area (Å²) in [5.74, 6) is 1.03. The smallest absolute Gasteiger partial charge is 0.203 e. The maximum Gasteiger partial charge on any atom is 0.203 e. The van der Waals surface area contributed by atoms with Crippen molar-refractivity contribution in [1.82, 2.24) is 0 Å². The van der Waals surface area contributed by atoms with Crippen LogP contribution < -0.4 is 9.47 Å². The molecule has 4 heteroatoms. The van der Waals surface area contributed by atoms with Crippen LogP contribution in [0.5, 0.6) is 11.5 Å². The Labute approximate surface area is 151 Å². The molecular weight excluding hydrogens is 326 g/mol. The molecule has 0 aromatic heterocycles. The number of allylic oxidation sites excluding steroid dienone is 1. The number of rotatable bonds is 5. The Morgan fingerprint density at radius 1 is 0.923 bits per heavy atom. The van der Waals surface area contributed by atoms with Crippen LogP contribution in [0.4, 0.5) is 0 Å². The largest absolute Gasteiger partial charge is 0.497 e. The predicted molar refractivity (Wildman–Crippen MR) is 101 cm³/mol. The molecule has 0 radical (unpaired) electrons. The first-order chi connectivity index (χ1) is 12.6. The van der Waals surface area contributed by atoms with Crippen LogP contribution in [0.25, 0.3) is 16.8 Å². The second-order valence-electron chi connectivity index (χ2n) is 5.70. The highest BCUT2D eigenvalue weighted by Crippen LogP contribution is 2.23. The Hall–Kier alpha value is -3.58. The number of benzene rings is 3. The summed E-state index contributed by atoms with van der Waals surface area (Å²) in [7, 11) is 3.16. The van der Waals surface area contributed by atoms with Gasteiger partial charge in [-0.25, -0.2) is 0 Å². The van der Waals surface area contributed by atoms with Crippen molar-refractivity contribution in [3.63, 3.8) is 0 Å². The van der Waals surface area contributed by atoms with Crippen molar-refractivity contribution in [2.24, 2.45) is 0 Å². The van der Waals surface area contributed by atoms with Crippen LogP contribution in [0.1, 0.15) is 15.9 Å². The van der Waals surface area contributed by atoms with Gasteiger partial charge in [-0.2, -0.15) is 5.26 Å². The Morgan fingerprint density at radius 2 is 1.62 bits per heavy atom. The third-order valence-electron chi connectivity index (χ3n) is 4.08. The van der Waals surface area contributed by atoms with E-state index in [0.717, 1.165) is 22.1 Å². The third kappa shape index (κ3) is 3.57. The molecule has 0 atom stereocenters. The number of Topliss-reactive ketones (excluding diaryl/α,β-unsaturated/α-hetero) is 1. The second kappa shape index (κ2) is 7.54. The molecule has 0 amide bonds. The van der Waals surface area contributed by atoms with Crippen LogP contribution in [0.2, 0.25) is 0 Å². The summed E-state index contributed by atoms with van der Waals surface area (Å²) in [6.07, 6.45) is 1.60. The van der Waals surface area contributed by atoms with Crippen molar-refractivity contribution in [3.8, 4) is 17.6 Å². The van der Waals surface area contributed by atoms with Crippen molar-refractivity contribution in [2.75, 3.05) is 14.2 Å². The van der Waals surface area contributed by atoms with E-state index < -0.39 is 0 Å². The quantitative estimate of drug-likeness (QED) is 0.384. The Bertz CT molecular complexity index is 1040. The number of nitriles is 1. The molecule has 0 saturated carbocycles. The molecule has 0 aliphatic heterocycles. The maximum atomic E-state index is 12.6. The fourth-order valence-electron chi connectivity index (χ4n) is 2.69. The fraction of sp³-hybridized carbons (Fsp3) is 0.0909. The average molecular weight is 343 g/mol. The van der Waals surface area contributed by atoms with Gasteiger partial charge in [0.15, 0.2) is 0 Å². The number of hydrogen-bond donors (Lipinski definition) is 0. The van der Waals surface area contributed by atoms with E-state index in [2.05, 4.69) is 0 Å². The lowest BCUT2D eigenvalue weighted by atomic mass is 10.00. The van der Waals surface area contributed by atoms with Gasteiger partial charge in [0, 0.05) is 5.56 Å². The topological polar surface area (TPSA) is 59.3 Å². The molecule has 0 fully saturated rings. The predicted octanol–water partition coefficient (Wildman–Crippen LogP) is 4.65. The molecule has 0 aliphatic rings. The molecule has 3 rings (SSSR count). The summed E-state index contributed by atoms with van der Waals surface area (Å²) in [4.78, 5) is 12.6. The molecule has 128 valence electrons. The van der Waals surface area contributed by atoms with Crippen molar-refractivity contribution < 1.29 is 14.3 Å². The van der Waals surface area contributed by atoms with Gasteiger partial charge in [-0.1, -0.05) is 30.3 Å². The van der Waals surface area contributed by atoms with Crippen LogP contribution >= 0.6 is 0 Å². The van der Waals surface area contributed by atoms with Crippen LogP contribution in [0, 0.1) is 11.3 Å². The van der Waals surface area contributed by atoms with Gasteiger partial charge in [-0.05, 0) is 52.7 Å². The van der Waals surface area contributed by atoms with Gasteiger partial charge in [0.05, 0.1) is 14.2 Å². The molecule has 0 bridgehead atoms. The van der Waals surface area contributed by atoms with E-state index in [9.17, 15) is 10.1 Å². The van der Waals surface area contributed by atoms with E-state index in [1.807, 2.05) is 42.5 Å². The minimum Gasteiger partial charge on any atom is -0.497 e. The van der Waals surface area contributed by atoms with E-state index >= 15 is 0 Å². The van der Waals surface area contributed by atoms with E-state index in [4.69, 9.17) is 9.47 Å². The highest BCUT2D eigenvalue weighted by molar-refractivity contribution is 6.14. The second-order valence-corrected chi connectivity index (χ2v) is 5.70. The molecular formula is C22H17NO3. The normalized spacial score (nSPS) is 11.0. The third-order valence-corrected chi connectivity index (χ3v) is 4.08. The standard InChI is InChI=1S/C22H17NO3/c1-25-20-5-3-4-18(13-20)22(24)19(14-23)11-15-6-7-17-12-21(26-2)9-8-16(17)10-15/h3-13H,1-2H3. The zero-order valence-electron chi connectivity index (χ0n) is 14.5. The van der Waals surface area contributed by atoms with Gasteiger partial charge in [0.2, 0.25) is 5.78 Å². The van der Waals surface area contributed by atoms with E-state index in [-0.39, 0.29) is 11.4 Å². The molecule has 0 aliphatic carbocycles. The highest BCUT2D eigenvalue weighted by Gasteiger charge is 2.13. The lowest BCUT2D eigenvalue weighted by Crippen LogP contribution is -2.02. The summed E-state index contributed by atoms with van der Waals surface area (Å²) in [6.45, 7) is 0. The van der Waals surface area contributed by atoms with Gasteiger partial charge < -0.3 is 9.47 Å². The Morgan fingerprint density at radius 3 is 2.35 bits per heavy atom. The van der Waals surface area contributed by atoms with Crippen LogP contribution in [0.3, 0.4) is 0 Å². The van der Waals surface area contributed by atoms with Crippen molar-refractivity contribution in [3.05, 3.63) is 77.4 Å². The minimum atomic E-state index is -0.332. The molecule has 0 heterocycles. The van der Waals surface area contributed by atoms with Crippen LogP contribution in [-0.4, -0.2) is 20.0 Å². The summed E-state index contributed by atoms with van der Waals surface area (Å²) in [6, 6.07) is 20.3. The van der Waals surface area contributed by atoms with Crippen LogP contribution in [0.15, 0.2) is 66.2 Å². The first-order valence-electron chi connectivity index (χ1n) is 8.03. The molecule has 0 spiro atoms. The molecule has 0 unspecified atom stereocenters. The van der Waals surface area contributed by atoms with E-state index in [0.29, 0.717) is 11.3 Å². The monoisotopic (exact) mass is 343 g/mol. The number of carbonyl (C=O) groups is 1. The fourth-order valence-corrected chi connectivity index (χ4v) is 2.69. The van der Waals surface area contributed by atoms with Gasteiger partial charge >= 0.3 is 0 Å². The zero-order valence-corrected chi connectivity index (χ0v) is 14.5. The van der Waals surface area contributed by atoms with Gasteiger partial charge in [0.25, 0.3) is 0 Å².